The number of hydrogen-bond donors (Lipinski definition) is 0. The summed E-state index contributed by atoms with van der Waals surface area (Å²) in [5.74, 6) is -5.10. The van der Waals surface area contributed by atoms with Gasteiger partial charge in [-0.2, -0.15) is 0 Å². The van der Waals surface area contributed by atoms with Crippen LogP contribution in [0.25, 0.3) is 0 Å². The Hall–Kier alpha value is -0.770. The van der Waals surface area contributed by atoms with Crippen LogP contribution in [0.4, 0.5) is 13.2 Å². The van der Waals surface area contributed by atoms with Crippen molar-refractivity contribution in [1.29, 1.82) is 0 Å². The first-order valence-electron chi connectivity index (χ1n) is 2.75. The number of allylic oxidation sites excluding steroid dienone is 2. The highest BCUT2D eigenvalue weighted by Gasteiger charge is 2.63. The Morgan fingerprint density at radius 1 is 1.50 bits per heavy atom. The number of halogens is 3. The van der Waals surface area contributed by atoms with Crippen LogP contribution in [0, 0.1) is 0 Å². The van der Waals surface area contributed by atoms with Crippen LogP contribution < -0.4 is 0 Å². The lowest BCUT2D eigenvalue weighted by molar-refractivity contribution is 0.146. The highest BCUT2D eigenvalue weighted by Crippen LogP contribution is 2.49. The molecule has 0 aromatic heterocycles. The highest BCUT2D eigenvalue weighted by molar-refractivity contribution is 5.35. The van der Waals surface area contributed by atoms with Crippen molar-refractivity contribution in [2.45, 2.75) is 12.0 Å². The Morgan fingerprint density at radius 3 is 2.80 bits per heavy atom. The second kappa shape index (κ2) is 1.45. The van der Waals surface area contributed by atoms with E-state index in [2.05, 4.69) is 4.74 Å². The molecule has 0 amide bonds. The molecule has 2 atom stereocenters. The second-order valence-corrected chi connectivity index (χ2v) is 2.20. The first-order valence-corrected chi connectivity index (χ1v) is 2.75. The summed E-state index contributed by atoms with van der Waals surface area (Å²) < 4.78 is 41.4. The van der Waals surface area contributed by atoms with Crippen molar-refractivity contribution in [3.8, 4) is 0 Å². The Kier molecular flexibility index (Phi) is 0.866. The fourth-order valence-corrected chi connectivity index (χ4v) is 0.898. The van der Waals surface area contributed by atoms with Gasteiger partial charge >= 0.3 is 0 Å². The van der Waals surface area contributed by atoms with E-state index in [0.717, 1.165) is 12.2 Å². The van der Waals surface area contributed by atoms with Gasteiger partial charge in [-0.15, -0.1) is 0 Å². The minimum Gasteiger partial charge on any atom is -0.324 e. The molecule has 10 heavy (non-hydrogen) atoms. The number of alkyl halides is 1. The monoisotopic (exact) mass is 148 g/mol. The van der Waals surface area contributed by atoms with E-state index in [1.165, 1.54) is 0 Å². The molecule has 0 spiro atoms. The van der Waals surface area contributed by atoms with E-state index in [0.29, 0.717) is 0 Å². The zero-order valence-electron chi connectivity index (χ0n) is 4.77. The van der Waals surface area contributed by atoms with Gasteiger partial charge in [0, 0.05) is 0 Å². The third-order valence-electron chi connectivity index (χ3n) is 1.53. The smallest absolute Gasteiger partial charge is 0.295 e. The summed E-state index contributed by atoms with van der Waals surface area (Å²) in [7, 11) is 0. The van der Waals surface area contributed by atoms with Gasteiger partial charge in [0.2, 0.25) is 5.83 Å². The van der Waals surface area contributed by atoms with E-state index in [-0.39, 0.29) is 0 Å². The normalized spacial score (nSPS) is 43.7. The molecule has 1 saturated heterocycles. The van der Waals surface area contributed by atoms with Crippen molar-refractivity contribution in [2.75, 3.05) is 0 Å². The Morgan fingerprint density at radius 2 is 2.20 bits per heavy atom. The van der Waals surface area contributed by atoms with Crippen LogP contribution in [0.1, 0.15) is 0 Å². The molecule has 0 aromatic rings. The van der Waals surface area contributed by atoms with Gasteiger partial charge in [-0.1, -0.05) is 0 Å². The lowest BCUT2D eigenvalue weighted by Crippen LogP contribution is -2.11. The standard InChI is InChI=1S/C6H3F3O/c7-3-1-2-4-6(9,10-4)5(3)8/h1-2,4H. The largest absolute Gasteiger partial charge is 0.324 e. The maximum Gasteiger partial charge on any atom is 0.295 e. The molecule has 0 saturated carbocycles. The fourth-order valence-electron chi connectivity index (χ4n) is 0.898. The summed E-state index contributed by atoms with van der Waals surface area (Å²) in [5.41, 5.74) is 0. The average molecular weight is 148 g/mol. The third-order valence-corrected chi connectivity index (χ3v) is 1.53. The zero-order chi connectivity index (χ0) is 7.35. The van der Waals surface area contributed by atoms with Gasteiger partial charge in [0.15, 0.2) is 5.83 Å². The van der Waals surface area contributed by atoms with Crippen molar-refractivity contribution in [3.63, 3.8) is 0 Å². The van der Waals surface area contributed by atoms with Gasteiger partial charge in [-0.05, 0) is 12.2 Å². The van der Waals surface area contributed by atoms with Gasteiger partial charge < -0.3 is 4.74 Å². The van der Waals surface area contributed by atoms with E-state index in [1.807, 2.05) is 0 Å². The quantitative estimate of drug-likeness (QED) is 0.477. The van der Waals surface area contributed by atoms with Gasteiger partial charge in [0.1, 0.15) is 6.10 Å². The Balaban J connectivity index is 2.44. The summed E-state index contributed by atoms with van der Waals surface area (Å²) >= 11 is 0. The molecule has 2 aliphatic rings. The van der Waals surface area contributed by atoms with Crippen molar-refractivity contribution >= 4 is 0 Å². The molecule has 1 heterocycles. The molecule has 1 aliphatic heterocycles. The van der Waals surface area contributed by atoms with Crippen molar-refractivity contribution in [1.82, 2.24) is 0 Å². The molecule has 1 fully saturated rings. The summed E-state index contributed by atoms with van der Waals surface area (Å²) in [6.07, 6.45) is 1.11. The van der Waals surface area contributed by atoms with Crippen molar-refractivity contribution in [2.24, 2.45) is 0 Å². The third kappa shape index (κ3) is 0.520. The molecular formula is C6H3F3O. The molecule has 2 unspecified atom stereocenters. The molecule has 1 aliphatic carbocycles. The number of epoxide rings is 1. The van der Waals surface area contributed by atoms with Gasteiger partial charge in [0.05, 0.1) is 0 Å². The number of fused-ring (bicyclic) bond motifs is 1. The average Bonchev–Trinajstić information content (AvgIpc) is 2.55. The van der Waals surface area contributed by atoms with Crippen LogP contribution >= 0.6 is 0 Å². The van der Waals surface area contributed by atoms with Crippen molar-refractivity contribution < 1.29 is 17.9 Å². The van der Waals surface area contributed by atoms with E-state index < -0.39 is 23.6 Å². The summed E-state index contributed by atoms with van der Waals surface area (Å²) in [4.78, 5) is 0. The zero-order valence-corrected chi connectivity index (χ0v) is 4.77. The molecule has 4 heteroatoms. The Labute approximate surface area is 54.8 Å². The Bertz CT molecular complexity index is 245. The number of rotatable bonds is 0. The van der Waals surface area contributed by atoms with E-state index in [9.17, 15) is 13.2 Å². The lowest BCUT2D eigenvalue weighted by Gasteiger charge is -2.01. The van der Waals surface area contributed by atoms with Gasteiger partial charge in [-0.25, -0.2) is 13.2 Å². The summed E-state index contributed by atoms with van der Waals surface area (Å²) in [6.45, 7) is 0. The highest BCUT2D eigenvalue weighted by atomic mass is 19.2. The molecule has 54 valence electrons. The molecule has 2 rings (SSSR count). The van der Waals surface area contributed by atoms with Crippen molar-refractivity contribution in [3.05, 3.63) is 23.8 Å². The summed E-state index contributed by atoms with van der Waals surface area (Å²) in [5, 5.41) is 0. The predicted octanol–water partition coefficient (Wildman–Crippen LogP) is 1.77. The first kappa shape index (κ1) is 5.97. The second-order valence-electron chi connectivity index (χ2n) is 2.20. The summed E-state index contributed by atoms with van der Waals surface area (Å²) in [6, 6.07) is 0. The minimum atomic E-state index is -2.47. The first-order chi connectivity index (χ1) is 4.64. The molecule has 0 bridgehead atoms. The van der Waals surface area contributed by atoms with E-state index >= 15 is 0 Å². The molecule has 0 N–H and O–H groups in total. The van der Waals surface area contributed by atoms with Gasteiger partial charge in [-0.3, -0.25) is 0 Å². The van der Waals surface area contributed by atoms with Crippen LogP contribution in [0.15, 0.2) is 23.8 Å². The van der Waals surface area contributed by atoms with E-state index in [1.54, 1.807) is 0 Å². The molecular weight excluding hydrogens is 145 g/mol. The minimum absolute atomic E-state index is 0.866. The number of ether oxygens (including phenoxy) is 1. The van der Waals surface area contributed by atoms with Crippen LogP contribution in [0.5, 0.6) is 0 Å². The topological polar surface area (TPSA) is 12.5 Å². The lowest BCUT2D eigenvalue weighted by atomic mass is 10.1. The molecule has 1 nitrogen and oxygen atoms in total. The van der Waals surface area contributed by atoms with Crippen LogP contribution in [0.3, 0.4) is 0 Å². The predicted molar refractivity (Wildman–Crippen MR) is 27.1 cm³/mol. The molecule has 0 radical (unpaired) electrons. The van der Waals surface area contributed by atoms with Crippen LogP contribution in [-0.2, 0) is 4.74 Å². The van der Waals surface area contributed by atoms with E-state index in [4.69, 9.17) is 0 Å². The van der Waals surface area contributed by atoms with Gasteiger partial charge in [0.25, 0.3) is 5.85 Å². The van der Waals surface area contributed by atoms with Crippen LogP contribution in [0.2, 0.25) is 0 Å². The van der Waals surface area contributed by atoms with Crippen LogP contribution in [-0.4, -0.2) is 12.0 Å². The molecule has 0 aromatic carbocycles. The number of hydrogen-bond acceptors (Lipinski definition) is 1. The SMILES string of the molecule is FC1=C(F)C2(F)OC2C=C1. The fraction of sp³-hybridized carbons (Fsp3) is 0.333. The maximum absolute atomic E-state index is 12.6. The maximum atomic E-state index is 12.6.